The van der Waals surface area contributed by atoms with Crippen LogP contribution in [0.25, 0.3) is 0 Å². The lowest BCUT2D eigenvalue weighted by Crippen LogP contribution is -2.64. The van der Waals surface area contributed by atoms with Gasteiger partial charge >= 0.3 is 6.09 Å². The molecule has 162 valence electrons. The van der Waals surface area contributed by atoms with E-state index in [1.165, 1.54) is 5.69 Å². The lowest BCUT2D eigenvalue weighted by Gasteiger charge is -2.58. The summed E-state index contributed by atoms with van der Waals surface area (Å²) in [6.45, 7) is 17.1. The Morgan fingerprint density at radius 2 is 2.03 bits per heavy atom. The van der Waals surface area contributed by atoms with Crippen LogP contribution in [0.1, 0.15) is 65.6 Å². The summed E-state index contributed by atoms with van der Waals surface area (Å²) in [6.07, 6.45) is 3.11. The van der Waals surface area contributed by atoms with E-state index in [0.717, 1.165) is 57.8 Å². The maximum atomic E-state index is 12.2. The maximum Gasteiger partial charge on any atom is 0.410 e. The first-order valence-corrected chi connectivity index (χ1v) is 11.1. The van der Waals surface area contributed by atoms with Gasteiger partial charge in [-0.05, 0) is 53.9 Å². The standard InChI is InChI=1S/C22H37N5O2/c1-7-21(6)13-23-8-9-26(21)18-10-16(2)27(24-18)17-11-22(12-17)14-25(15-22)19(28)29-20(3,4)5/h10,17,23H,7-9,11-15H2,1-6H3/t21-/m0/s1. The Morgan fingerprint density at radius 3 is 2.66 bits per heavy atom. The Balaban J connectivity index is 1.37. The minimum atomic E-state index is -0.429. The van der Waals surface area contributed by atoms with Crippen LogP contribution in [-0.4, -0.2) is 64.6 Å². The van der Waals surface area contributed by atoms with Gasteiger partial charge in [-0.2, -0.15) is 5.10 Å². The minimum Gasteiger partial charge on any atom is -0.444 e. The van der Waals surface area contributed by atoms with Crippen molar-refractivity contribution in [3.05, 3.63) is 11.8 Å². The molecule has 3 aliphatic rings. The zero-order valence-electron chi connectivity index (χ0n) is 18.9. The Morgan fingerprint density at radius 1 is 1.34 bits per heavy atom. The van der Waals surface area contributed by atoms with E-state index in [1.807, 2.05) is 25.7 Å². The number of aromatic nitrogens is 2. The molecular weight excluding hydrogens is 366 g/mol. The van der Waals surface area contributed by atoms with Gasteiger partial charge in [0.05, 0.1) is 11.6 Å². The van der Waals surface area contributed by atoms with E-state index in [4.69, 9.17) is 9.84 Å². The Kier molecular flexibility index (Phi) is 4.88. The number of carbonyl (C=O) groups is 1. The fourth-order valence-electron chi connectivity index (χ4n) is 5.18. The molecule has 7 nitrogen and oxygen atoms in total. The molecule has 0 unspecified atom stereocenters. The van der Waals surface area contributed by atoms with E-state index in [0.29, 0.717) is 6.04 Å². The number of ether oxygens (including phenoxy) is 1. The van der Waals surface area contributed by atoms with Crippen molar-refractivity contribution in [1.82, 2.24) is 20.0 Å². The van der Waals surface area contributed by atoms with E-state index >= 15 is 0 Å². The van der Waals surface area contributed by atoms with Crippen LogP contribution in [0.2, 0.25) is 0 Å². The highest BCUT2D eigenvalue weighted by Crippen LogP contribution is 2.54. The molecule has 2 aliphatic heterocycles. The molecule has 1 aliphatic carbocycles. The summed E-state index contributed by atoms with van der Waals surface area (Å²) in [5.74, 6) is 1.11. The first kappa shape index (κ1) is 20.5. The van der Waals surface area contributed by atoms with Gasteiger partial charge in [0.15, 0.2) is 5.82 Å². The molecule has 1 saturated carbocycles. The van der Waals surface area contributed by atoms with Crippen molar-refractivity contribution in [2.45, 2.75) is 78.0 Å². The van der Waals surface area contributed by atoms with E-state index in [9.17, 15) is 4.79 Å². The molecule has 0 aromatic carbocycles. The second-order valence-corrected chi connectivity index (χ2v) is 10.7. The van der Waals surface area contributed by atoms with Crippen LogP contribution in [0.4, 0.5) is 10.6 Å². The molecule has 1 atom stereocenters. The van der Waals surface area contributed by atoms with Gasteiger partial charge in [0, 0.05) is 49.9 Å². The summed E-state index contributed by atoms with van der Waals surface area (Å²) in [7, 11) is 0. The molecule has 1 aromatic rings. The molecule has 1 spiro atoms. The molecular formula is C22H37N5O2. The van der Waals surface area contributed by atoms with Crippen LogP contribution in [0.5, 0.6) is 0 Å². The molecule has 3 heterocycles. The topological polar surface area (TPSA) is 62.6 Å². The summed E-state index contributed by atoms with van der Waals surface area (Å²) < 4.78 is 7.72. The SMILES string of the molecule is CC[C@@]1(C)CNCCN1c1cc(C)n(C2CC3(C2)CN(C(=O)OC(C)(C)C)C3)n1. The van der Waals surface area contributed by atoms with Crippen molar-refractivity contribution in [3.63, 3.8) is 0 Å². The minimum absolute atomic E-state index is 0.118. The first-order valence-electron chi connectivity index (χ1n) is 11.1. The monoisotopic (exact) mass is 403 g/mol. The second-order valence-electron chi connectivity index (χ2n) is 10.7. The highest BCUT2D eigenvalue weighted by atomic mass is 16.6. The van der Waals surface area contributed by atoms with Crippen molar-refractivity contribution < 1.29 is 9.53 Å². The molecule has 4 rings (SSSR count). The number of rotatable bonds is 3. The van der Waals surface area contributed by atoms with Gasteiger partial charge in [0.25, 0.3) is 0 Å². The van der Waals surface area contributed by atoms with E-state index < -0.39 is 5.60 Å². The molecule has 29 heavy (non-hydrogen) atoms. The van der Waals surface area contributed by atoms with Crippen LogP contribution in [0.3, 0.4) is 0 Å². The van der Waals surface area contributed by atoms with Crippen LogP contribution in [-0.2, 0) is 4.74 Å². The predicted molar refractivity (Wildman–Crippen MR) is 114 cm³/mol. The maximum absolute atomic E-state index is 12.2. The van der Waals surface area contributed by atoms with E-state index in [-0.39, 0.29) is 17.0 Å². The lowest BCUT2D eigenvalue weighted by atomic mass is 9.61. The van der Waals surface area contributed by atoms with Gasteiger partial charge in [0.1, 0.15) is 5.60 Å². The second kappa shape index (κ2) is 6.89. The Labute approximate surface area is 174 Å². The molecule has 7 heteroatoms. The Bertz CT molecular complexity index is 769. The highest BCUT2D eigenvalue weighted by Gasteiger charge is 2.55. The molecule has 0 bridgehead atoms. The van der Waals surface area contributed by atoms with Gasteiger partial charge in [-0.15, -0.1) is 0 Å². The Hall–Kier alpha value is -1.76. The third kappa shape index (κ3) is 3.74. The lowest BCUT2D eigenvalue weighted by molar-refractivity contribution is -0.0930. The summed E-state index contributed by atoms with van der Waals surface area (Å²) in [5, 5.41) is 8.56. The van der Waals surface area contributed by atoms with Gasteiger partial charge in [-0.1, -0.05) is 6.92 Å². The molecule has 2 saturated heterocycles. The molecule has 0 radical (unpaired) electrons. The number of piperazine rings is 1. The summed E-state index contributed by atoms with van der Waals surface area (Å²) in [4.78, 5) is 16.5. The highest BCUT2D eigenvalue weighted by molar-refractivity contribution is 5.69. The predicted octanol–water partition coefficient (Wildman–Crippen LogP) is 3.34. The molecule has 1 amide bonds. The van der Waals surface area contributed by atoms with Crippen molar-refractivity contribution in [3.8, 4) is 0 Å². The number of anilines is 1. The normalized spacial score (nSPS) is 27.0. The third-order valence-corrected chi connectivity index (χ3v) is 7.00. The zero-order valence-corrected chi connectivity index (χ0v) is 18.9. The fourth-order valence-corrected chi connectivity index (χ4v) is 5.18. The van der Waals surface area contributed by atoms with Gasteiger partial charge < -0.3 is 19.9 Å². The molecule has 1 aromatic heterocycles. The quantitative estimate of drug-likeness (QED) is 0.839. The summed E-state index contributed by atoms with van der Waals surface area (Å²) >= 11 is 0. The van der Waals surface area contributed by atoms with Crippen molar-refractivity contribution in [2.24, 2.45) is 5.41 Å². The average molecular weight is 404 g/mol. The van der Waals surface area contributed by atoms with E-state index in [1.54, 1.807) is 0 Å². The number of nitrogens with zero attached hydrogens (tertiary/aromatic N) is 4. The third-order valence-electron chi connectivity index (χ3n) is 7.00. The number of likely N-dealkylation sites (tertiary alicyclic amines) is 1. The van der Waals surface area contributed by atoms with Gasteiger partial charge in [-0.3, -0.25) is 4.68 Å². The number of hydrogen-bond acceptors (Lipinski definition) is 5. The number of aryl methyl sites for hydroxylation is 1. The largest absolute Gasteiger partial charge is 0.444 e. The number of amides is 1. The van der Waals surface area contributed by atoms with Crippen LogP contribution >= 0.6 is 0 Å². The van der Waals surface area contributed by atoms with Crippen molar-refractivity contribution >= 4 is 11.9 Å². The molecule has 1 N–H and O–H groups in total. The summed E-state index contributed by atoms with van der Waals surface area (Å²) in [6, 6.07) is 2.69. The summed E-state index contributed by atoms with van der Waals surface area (Å²) in [5.41, 5.74) is 1.20. The smallest absolute Gasteiger partial charge is 0.410 e. The van der Waals surface area contributed by atoms with Gasteiger partial charge in [0.2, 0.25) is 0 Å². The van der Waals surface area contributed by atoms with Crippen molar-refractivity contribution in [2.75, 3.05) is 37.6 Å². The zero-order chi connectivity index (χ0) is 21.0. The van der Waals surface area contributed by atoms with Crippen LogP contribution in [0.15, 0.2) is 6.07 Å². The number of carbonyl (C=O) groups excluding carboxylic acids is 1. The number of hydrogen-bond donors (Lipinski definition) is 1. The average Bonchev–Trinajstić information content (AvgIpc) is 2.92. The van der Waals surface area contributed by atoms with Gasteiger partial charge in [-0.25, -0.2) is 4.79 Å². The van der Waals surface area contributed by atoms with Crippen LogP contribution < -0.4 is 10.2 Å². The van der Waals surface area contributed by atoms with Crippen molar-refractivity contribution in [1.29, 1.82) is 0 Å². The molecule has 3 fully saturated rings. The van der Waals surface area contributed by atoms with Crippen LogP contribution in [0, 0.1) is 12.3 Å². The first-order chi connectivity index (χ1) is 13.5. The van der Waals surface area contributed by atoms with E-state index in [2.05, 4.69) is 41.7 Å². The number of nitrogens with one attached hydrogen (secondary N) is 1. The fraction of sp³-hybridized carbons (Fsp3) is 0.818.